The summed E-state index contributed by atoms with van der Waals surface area (Å²) in [5, 5.41) is 14.4. The first kappa shape index (κ1) is 17.0. The van der Waals surface area contributed by atoms with E-state index < -0.39 is 0 Å². The van der Waals surface area contributed by atoms with Crippen LogP contribution in [0.25, 0.3) is 5.69 Å². The summed E-state index contributed by atoms with van der Waals surface area (Å²) in [5.74, 6) is 2.55. The smallest absolute Gasteiger partial charge is 0.151 e. The summed E-state index contributed by atoms with van der Waals surface area (Å²) in [4.78, 5) is 2.26. The van der Waals surface area contributed by atoms with Gasteiger partial charge in [0.05, 0.1) is 18.3 Å². The van der Waals surface area contributed by atoms with Crippen molar-refractivity contribution in [2.75, 3.05) is 7.05 Å². The molecule has 1 aromatic carbocycles. The molecule has 0 spiro atoms. The Bertz CT molecular complexity index is 940. The molecular weight excluding hydrogens is 360 g/mol. The maximum Gasteiger partial charge on any atom is 0.151 e. The number of fused-ring (bicyclic) bond motifs is 3. The summed E-state index contributed by atoms with van der Waals surface area (Å²) in [6, 6.07) is 8.65. The van der Waals surface area contributed by atoms with Crippen LogP contribution in [0.1, 0.15) is 54.9 Å². The van der Waals surface area contributed by atoms with Gasteiger partial charge in [0.1, 0.15) is 5.82 Å². The SMILES string of the molecule is CN1Cc2cc(Cl)ccc2-n2c(nnc2[C@H]2CC[C@H](n3cccn3)CC2)C1. The molecular formula is C20H23ClN6. The molecule has 140 valence electrons. The molecule has 2 aliphatic rings. The highest BCUT2D eigenvalue weighted by molar-refractivity contribution is 6.30. The van der Waals surface area contributed by atoms with Gasteiger partial charge >= 0.3 is 0 Å². The molecule has 0 N–H and O–H groups in total. The van der Waals surface area contributed by atoms with Crippen molar-refractivity contribution in [3.63, 3.8) is 0 Å². The van der Waals surface area contributed by atoms with Crippen molar-refractivity contribution in [3.8, 4) is 5.69 Å². The van der Waals surface area contributed by atoms with Crippen LogP contribution in [0.15, 0.2) is 36.7 Å². The summed E-state index contributed by atoms with van der Waals surface area (Å²) in [6.45, 7) is 1.66. The van der Waals surface area contributed by atoms with E-state index in [1.807, 2.05) is 18.3 Å². The number of aromatic nitrogens is 5. The first-order valence-electron chi connectivity index (χ1n) is 9.59. The Morgan fingerprint density at radius 2 is 1.93 bits per heavy atom. The average molecular weight is 383 g/mol. The van der Waals surface area contributed by atoms with Crippen LogP contribution >= 0.6 is 11.6 Å². The Morgan fingerprint density at radius 1 is 1.07 bits per heavy atom. The van der Waals surface area contributed by atoms with Crippen molar-refractivity contribution in [1.82, 2.24) is 29.4 Å². The molecule has 2 aromatic heterocycles. The number of benzene rings is 1. The fourth-order valence-electron chi connectivity index (χ4n) is 4.54. The predicted octanol–water partition coefficient (Wildman–Crippen LogP) is 3.96. The molecule has 0 bridgehead atoms. The molecule has 6 nitrogen and oxygen atoms in total. The Kier molecular flexibility index (Phi) is 4.25. The van der Waals surface area contributed by atoms with Crippen molar-refractivity contribution in [3.05, 3.63) is 58.9 Å². The number of nitrogens with zero attached hydrogens (tertiary/aromatic N) is 6. The topological polar surface area (TPSA) is 51.8 Å². The second-order valence-electron chi connectivity index (χ2n) is 7.75. The molecule has 3 aromatic rings. The third-order valence-electron chi connectivity index (χ3n) is 5.85. The summed E-state index contributed by atoms with van der Waals surface area (Å²) in [5.41, 5.74) is 2.41. The summed E-state index contributed by atoms with van der Waals surface area (Å²) in [6.07, 6.45) is 8.42. The van der Waals surface area contributed by atoms with E-state index in [1.54, 1.807) is 0 Å². The second kappa shape index (κ2) is 6.77. The van der Waals surface area contributed by atoms with E-state index in [-0.39, 0.29) is 0 Å². The van der Waals surface area contributed by atoms with Crippen LogP contribution < -0.4 is 0 Å². The maximum absolute atomic E-state index is 6.26. The molecule has 0 unspecified atom stereocenters. The first-order chi connectivity index (χ1) is 13.2. The van der Waals surface area contributed by atoms with Crippen LogP contribution in [-0.4, -0.2) is 36.5 Å². The number of halogens is 1. The molecule has 1 fully saturated rings. The highest BCUT2D eigenvalue weighted by Crippen LogP contribution is 2.39. The number of rotatable bonds is 2. The Morgan fingerprint density at radius 3 is 2.70 bits per heavy atom. The van der Waals surface area contributed by atoms with Gasteiger partial charge in [0, 0.05) is 29.9 Å². The van der Waals surface area contributed by atoms with E-state index in [2.05, 4.69) is 54.8 Å². The van der Waals surface area contributed by atoms with Crippen molar-refractivity contribution < 1.29 is 0 Å². The summed E-state index contributed by atoms with van der Waals surface area (Å²) in [7, 11) is 2.12. The van der Waals surface area contributed by atoms with E-state index in [4.69, 9.17) is 11.6 Å². The zero-order chi connectivity index (χ0) is 18.4. The zero-order valence-corrected chi connectivity index (χ0v) is 16.2. The van der Waals surface area contributed by atoms with E-state index in [1.165, 1.54) is 11.3 Å². The van der Waals surface area contributed by atoms with E-state index in [0.717, 1.165) is 55.4 Å². The Hall–Kier alpha value is -2.18. The molecule has 1 aliphatic heterocycles. The molecule has 7 heteroatoms. The molecule has 0 atom stereocenters. The molecule has 0 radical (unpaired) electrons. The zero-order valence-electron chi connectivity index (χ0n) is 15.4. The Balaban J connectivity index is 1.47. The first-order valence-corrected chi connectivity index (χ1v) is 9.97. The highest BCUT2D eigenvalue weighted by atomic mass is 35.5. The van der Waals surface area contributed by atoms with Crippen molar-refractivity contribution in [2.45, 2.75) is 50.7 Å². The molecule has 5 rings (SSSR count). The fraction of sp³-hybridized carbons (Fsp3) is 0.450. The Labute approximate surface area is 163 Å². The minimum Gasteiger partial charge on any atom is -0.295 e. The lowest BCUT2D eigenvalue weighted by molar-refractivity contribution is 0.296. The second-order valence-corrected chi connectivity index (χ2v) is 8.18. The quantitative estimate of drug-likeness (QED) is 0.673. The van der Waals surface area contributed by atoms with Crippen LogP contribution in [0, 0.1) is 0 Å². The van der Waals surface area contributed by atoms with Gasteiger partial charge in [0.25, 0.3) is 0 Å². The average Bonchev–Trinajstić information content (AvgIpc) is 3.30. The van der Waals surface area contributed by atoms with Crippen LogP contribution in [0.2, 0.25) is 5.02 Å². The standard InChI is InChI=1S/C20H23ClN6/c1-25-12-15-11-16(21)5-8-18(15)27-19(13-25)23-24-20(27)14-3-6-17(7-4-14)26-10-2-9-22-26/h2,5,8-11,14,17H,3-4,6-7,12-13H2,1H3/t14-,17-. The van der Waals surface area contributed by atoms with Gasteiger partial charge in [-0.1, -0.05) is 11.6 Å². The van der Waals surface area contributed by atoms with Gasteiger partial charge in [-0.3, -0.25) is 14.1 Å². The van der Waals surface area contributed by atoms with Crippen molar-refractivity contribution >= 4 is 11.6 Å². The lowest BCUT2D eigenvalue weighted by Crippen LogP contribution is -2.20. The molecule has 27 heavy (non-hydrogen) atoms. The van der Waals surface area contributed by atoms with Crippen molar-refractivity contribution in [1.29, 1.82) is 0 Å². The molecule has 1 saturated carbocycles. The lowest BCUT2D eigenvalue weighted by Gasteiger charge is -2.28. The third-order valence-corrected chi connectivity index (χ3v) is 6.09. The van der Waals surface area contributed by atoms with E-state index >= 15 is 0 Å². The molecule has 0 amide bonds. The largest absolute Gasteiger partial charge is 0.295 e. The lowest BCUT2D eigenvalue weighted by atomic mass is 9.85. The van der Waals surface area contributed by atoms with Gasteiger partial charge in [-0.15, -0.1) is 10.2 Å². The van der Waals surface area contributed by atoms with Gasteiger partial charge in [-0.25, -0.2) is 0 Å². The number of hydrogen-bond acceptors (Lipinski definition) is 4. The third kappa shape index (κ3) is 3.07. The predicted molar refractivity (Wildman–Crippen MR) is 104 cm³/mol. The van der Waals surface area contributed by atoms with E-state index in [0.29, 0.717) is 12.0 Å². The van der Waals surface area contributed by atoms with Gasteiger partial charge in [0.2, 0.25) is 0 Å². The van der Waals surface area contributed by atoms with Crippen LogP contribution in [-0.2, 0) is 13.1 Å². The van der Waals surface area contributed by atoms with E-state index in [9.17, 15) is 0 Å². The minimum atomic E-state index is 0.435. The molecule has 0 saturated heterocycles. The highest BCUT2D eigenvalue weighted by Gasteiger charge is 2.30. The van der Waals surface area contributed by atoms with Crippen LogP contribution in [0.4, 0.5) is 0 Å². The minimum absolute atomic E-state index is 0.435. The summed E-state index contributed by atoms with van der Waals surface area (Å²) >= 11 is 6.26. The summed E-state index contributed by atoms with van der Waals surface area (Å²) < 4.78 is 4.39. The van der Waals surface area contributed by atoms with Gasteiger partial charge in [-0.05, 0) is 62.6 Å². The van der Waals surface area contributed by atoms with Crippen LogP contribution in [0.3, 0.4) is 0 Å². The molecule has 3 heterocycles. The normalized spacial score (nSPS) is 22.9. The fourth-order valence-corrected chi connectivity index (χ4v) is 4.74. The van der Waals surface area contributed by atoms with Crippen molar-refractivity contribution in [2.24, 2.45) is 0 Å². The maximum atomic E-state index is 6.26. The van der Waals surface area contributed by atoms with Gasteiger partial charge < -0.3 is 0 Å². The monoisotopic (exact) mass is 382 g/mol. The number of hydrogen-bond donors (Lipinski definition) is 0. The van der Waals surface area contributed by atoms with Gasteiger partial charge in [-0.2, -0.15) is 5.10 Å². The van der Waals surface area contributed by atoms with Gasteiger partial charge in [0.15, 0.2) is 5.82 Å². The van der Waals surface area contributed by atoms with Crippen LogP contribution in [0.5, 0.6) is 0 Å². The molecule has 1 aliphatic carbocycles.